The van der Waals surface area contributed by atoms with Gasteiger partial charge in [0.15, 0.2) is 0 Å². The molecular formula is C15H27N3O. The van der Waals surface area contributed by atoms with Gasteiger partial charge in [-0.25, -0.2) is 0 Å². The van der Waals surface area contributed by atoms with Gasteiger partial charge in [-0.2, -0.15) is 0 Å². The van der Waals surface area contributed by atoms with E-state index in [1.54, 1.807) is 0 Å². The Bertz CT molecular complexity index is 408. The van der Waals surface area contributed by atoms with E-state index in [-0.39, 0.29) is 5.41 Å². The summed E-state index contributed by atoms with van der Waals surface area (Å²) in [4.78, 5) is 2.55. The molecule has 0 aliphatic carbocycles. The van der Waals surface area contributed by atoms with Crippen LogP contribution in [-0.4, -0.2) is 35.2 Å². The second-order valence-electron chi connectivity index (χ2n) is 6.75. The zero-order chi connectivity index (χ0) is 14.0. The highest BCUT2D eigenvalue weighted by molar-refractivity contribution is 5.04. The highest BCUT2D eigenvalue weighted by Gasteiger charge is 2.33. The van der Waals surface area contributed by atoms with Crippen molar-refractivity contribution in [3.05, 3.63) is 17.5 Å². The summed E-state index contributed by atoms with van der Waals surface area (Å²) in [6.07, 6.45) is 1.17. The van der Waals surface area contributed by atoms with E-state index in [1.165, 1.54) is 6.42 Å². The van der Waals surface area contributed by atoms with E-state index in [0.717, 1.165) is 31.1 Å². The van der Waals surface area contributed by atoms with Crippen LogP contribution >= 0.6 is 0 Å². The van der Waals surface area contributed by atoms with E-state index >= 15 is 0 Å². The summed E-state index contributed by atoms with van der Waals surface area (Å²) in [6.45, 7) is 14.1. The van der Waals surface area contributed by atoms with Gasteiger partial charge in [0.1, 0.15) is 5.76 Å². The van der Waals surface area contributed by atoms with Gasteiger partial charge < -0.3 is 9.84 Å². The lowest BCUT2D eigenvalue weighted by molar-refractivity contribution is 0.0756. The first-order valence-electron chi connectivity index (χ1n) is 7.29. The summed E-state index contributed by atoms with van der Waals surface area (Å²) in [5.41, 5.74) is 1.34. The zero-order valence-corrected chi connectivity index (χ0v) is 12.9. The van der Waals surface area contributed by atoms with E-state index in [2.05, 4.69) is 43.1 Å². The largest absolute Gasteiger partial charge is 0.361 e. The minimum absolute atomic E-state index is 0.288. The predicted molar refractivity (Wildman–Crippen MR) is 77.0 cm³/mol. The average molecular weight is 265 g/mol. The fourth-order valence-electron chi connectivity index (χ4n) is 2.73. The third-order valence-electron chi connectivity index (χ3n) is 4.09. The number of nitrogens with zero attached hydrogens (tertiary/aromatic N) is 2. The SMILES string of the molecule is CCC1CNC(C(C)(C)C)CN1Cc1cc(C)on1. The van der Waals surface area contributed by atoms with Gasteiger partial charge >= 0.3 is 0 Å². The molecule has 2 rings (SSSR count). The number of aromatic nitrogens is 1. The lowest BCUT2D eigenvalue weighted by Gasteiger charge is -2.44. The summed E-state index contributed by atoms with van der Waals surface area (Å²) in [5, 5.41) is 7.82. The van der Waals surface area contributed by atoms with Crippen molar-refractivity contribution in [1.82, 2.24) is 15.4 Å². The van der Waals surface area contributed by atoms with Crippen molar-refractivity contribution in [3.8, 4) is 0 Å². The molecule has 1 saturated heterocycles. The zero-order valence-electron chi connectivity index (χ0n) is 12.9. The summed E-state index contributed by atoms with van der Waals surface area (Å²) in [5.74, 6) is 0.894. The van der Waals surface area contributed by atoms with Gasteiger partial charge in [0, 0.05) is 37.8 Å². The number of hydrogen-bond acceptors (Lipinski definition) is 4. The quantitative estimate of drug-likeness (QED) is 0.912. The van der Waals surface area contributed by atoms with Crippen LogP contribution in [0, 0.1) is 12.3 Å². The fourth-order valence-corrected chi connectivity index (χ4v) is 2.73. The van der Waals surface area contributed by atoms with Crippen molar-refractivity contribution >= 4 is 0 Å². The van der Waals surface area contributed by atoms with Crippen molar-refractivity contribution < 1.29 is 4.52 Å². The normalized spacial score (nSPS) is 25.7. The Hall–Kier alpha value is -0.870. The van der Waals surface area contributed by atoms with Gasteiger partial charge in [-0.1, -0.05) is 32.9 Å². The molecule has 0 radical (unpaired) electrons. The molecule has 4 heteroatoms. The van der Waals surface area contributed by atoms with Crippen LogP contribution in [0.15, 0.2) is 10.6 Å². The maximum atomic E-state index is 5.18. The smallest absolute Gasteiger partial charge is 0.133 e. The highest BCUT2D eigenvalue weighted by Crippen LogP contribution is 2.25. The van der Waals surface area contributed by atoms with Crippen molar-refractivity contribution in [2.45, 2.75) is 59.7 Å². The lowest BCUT2D eigenvalue weighted by Crippen LogP contribution is -2.59. The Labute approximate surface area is 116 Å². The molecule has 0 saturated carbocycles. The topological polar surface area (TPSA) is 41.3 Å². The number of hydrogen-bond donors (Lipinski definition) is 1. The molecule has 1 aromatic rings. The summed E-state index contributed by atoms with van der Waals surface area (Å²) >= 11 is 0. The van der Waals surface area contributed by atoms with Gasteiger partial charge in [-0.3, -0.25) is 4.90 Å². The Morgan fingerprint density at radius 1 is 1.47 bits per heavy atom. The van der Waals surface area contributed by atoms with Crippen molar-refractivity contribution in [1.29, 1.82) is 0 Å². The van der Waals surface area contributed by atoms with E-state index < -0.39 is 0 Å². The van der Waals surface area contributed by atoms with Gasteiger partial charge in [0.05, 0.1) is 5.69 Å². The molecule has 1 fully saturated rings. The van der Waals surface area contributed by atoms with Crippen LogP contribution in [0.3, 0.4) is 0 Å². The molecule has 19 heavy (non-hydrogen) atoms. The van der Waals surface area contributed by atoms with Crippen molar-refractivity contribution in [2.75, 3.05) is 13.1 Å². The summed E-state index contributed by atoms with van der Waals surface area (Å²) in [7, 11) is 0. The number of aryl methyl sites for hydroxylation is 1. The van der Waals surface area contributed by atoms with E-state index in [9.17, 15) is 0 Å². The Morgan fingerprint density at radius 3 is 2.74 bits per heavy atom. The highest BCUT2D eigenvalue weighted by atomic mass is 16.5. The minimum Gasteiger partial charge on any atom is -0.361 e. The van der Waals surface area contributed by atoms with Crippen LogP contribution in [0.5, 0.6) is 0 Å². The van der Waals surface area contributed by atoms with Crippen LogP contribution in [0.1, 0.15) is 45.6 Å². The molecule has 1 N–H and O–H groups in total. The molecule has 0 bridgehead atoms. The average Bonchev–Trinajstić information content (AvgIpc) is 2.73. The predicted octanol–water partition coefficient (Wildman–Crippen LogP) is 2.58. The summed E-state index contributed by atoms with van der Waals surface area (Å²) < 4.78 is 5.18. The molecule has 0 amide bonds. The Morgan fingerprint density at radius 2 is 2.21 bits per heavy atom. The number of rotatable bonds is 3. The van der Waals surface area contributed by atoms with Crippen molar-refractivity contribution in [2.24, 2.45) is 5.41 Å². The minimum atomic E-state index is 0.288. The molecule has 4 nitrogen and oxygen atoms in total. The first-order valence-corrected chi connectivity index (χ1v) is 7.29. The van der Waals surface area contributed by atoms with Crippen LogP contribution in [0.4, 0.5) is 0 Å². The molecule has 1 aliphatic rings. The standard InChI is InChI=1S/C15H27N3O/c1-6-13-8-16-14(15(3,4)5)10-18(13)9-12-7-11(2)19-17-12/h7,13-14,16H,6,8-10H2,1-5H3. The third-order valence-corrected chi connectivity index (χ3v) is 4.09. The molecule has 0 spiro atoms. The molecule has 0 aromatic carbocycles. The first-order chi connectivity index (χ1) is 8.90. The second-order valence-corrected chi connectivity index (χ2v) is 6.75. The molecule has 2 heterocycles. The Balaban J connectivity index is 2.05. The van der Waals surface area contributed by atoms with Crippen LogP contribution in [-0.2, 0) is 6.54 Å². The molecule has 2 atom stereocenters. The number of piperazine rings is 1. The molecule has 1 aliphatic heterocycles. The van der Waals surface area contributed by atoms with E-state index in [4.69, 9.17) is 4.52 Å². The van der Waals surface area contributed by atoms with Gasteiger partial charge in [0.25, 0.3) is 0 Å². The van der Waals surface area contributed by atoms with Gasteiger partial charge in [0.2, 0.25) is 0 Å². The van der Waals surface area contributed by atoms with Gasteiger partial charge in [-0.05, 0) is 18.8 Å². The van der Waals surface area contributed by atoms with E-state index in [0.29, 0.717) is 12.1 Å². The summed E-state index contributed by atoms with van der Waals surface area (Å²) in [6, 6.07) is 3.17. The monoisotopic (exact) mass is 265 g/mol. The first kappa shape index (κ1) is 14.5. The molecule has 2 unspecified atom stereocenters. The van der Waals surface area contributed by atoms with Gasteiger partial charge in [-0.15, -0.1) is 0 Å². The maximum Gasteiger partial charge on any atom is 0.133 e. The number of nitrogens with one attached hydrogen (secondary N) is 1. The Kier molecular flexibility index (Phi) is 4.31. The fraction of sp³-hybridized carbons (Fsp3) is 0.800. The maximum absolute atomic E-state index is 5.18. The molecular weight excluding hydrogens is 238 g/mol. The van der Waals surface area contributed by atoms with Crippen LogP contribution in [0.2, 0.25) is 0 Å². The molecule has 1 aromatic heterocycles. The van der Waals surface area contributed by atoms with Crippen LogP contribution < -0.4 is 5.32 Å². The van der Waals surface area contributed by atoms with Crippen molar-refractivity contribution in [3.63, 3.8) is 0 Å². The molecule has 108 valence electrons. The second kappa shape index (κ2) is 5.63. The van der Waals surface area contributed by atoms with E-state index in [1.807, 2.05) is 13.0 Å². The third kappa shape index (κ3) is 3.57. The van der Waals surface area contributed by atoms with Crippen LogP contribution in [0.25, 0.3) is 0 Å². The lowest BCUT2D eigenvalue weighted by atomic mass is 9.84.